The zero-order chi connectivity index (χ0) is 18.9. The zero-order valence-corrected chi connectivity index (χ0v) is 15.7. The van der Waals surface area contributed by atoms with Gasteiger partial charge in [-0.15, -0.1) is 0 Å². The second-order valence-electron chi connectivity index (χ2n) is 7.21. The van der Waals surface area contributed by atoms with Crippen molar-refractivity contribution in [2.45, 2.75) is 38.0 Å². The number of hydrogen-bond acceptors (Lipinski definition) is 2. The van der Waals surface area contributed by atoms with Crippen LogP contribution in [0.5, 0.6) is 0 Å². The standard InChI is InChI=1S/C23H28N2O2/c26-22(17-25-23(27)20-13-7-8-14-20)24-16-15-21(18-9-3-1-4-10-18)19-11-5-2-6-12-19/h1-6,9-12,20-21H,7-8,13-17H2,(H,24,26)(H,25,27). The topological polar surface area (TPSA) is 58.2 Å². The Labute approximate surface area is 161 Å². The summed E-state index contributed by atoms with van der Waals surface area (Å²) >= 11 is 0. The van der Waals surface area contributed by atoms with Crippen molar-refractivity contribution in [2.75, 3.05) is 13.1 Å². The molecule has 1 aliphatic rings. The van der Waals surface area contributed by atoms with E-state index >= 15 is 0 Å². The van der Waals surface area contributed by atoms with Crippen LogP contribution in [0.15, 0.2) is 60.7 Å². The molecule has 0 unspecified atom stereocenters. The molecule has 2 amide bonds. The summed E-state index contributed by atoms with van der Waals surface area (Å²) in [6, 6.07) is 20.7. The van der Waals surface area contributed by atoms with Crippen molar-refractivity contribution in [3.05, 3.63) is 71.8 Å². The quantitative estimate of drug-likeness (QED) is 0.751. The van der Waals surface area contributed by atoms with E-state index < -0.39 is 0 Å². The lowest BCUT2D eigenvalue weighted by molar-refractivity contribution is -0.128. The van der Waals surface area contributed by atoms with E-state index in [1.807, 2.05) is 36.4 Å². The fourth-order valence-corrected chi connectivity index (χ4v) is 3.81. The first-order valence-electron chi connectivity index (χ1n) is 9.88. The molecule has 0 spiro atoms. The maximum absolute atomic E-state index is 12.1. The highest BCUT2D eigenvalue weighted by molar-refractivity contribution is 5.85. The smallest absolute Gasteiger partial charge is 0.239 e. The molecule has 0 bridgehead atoms. The molecule has 3 rings (SSSR count). The van der Waals surface area contributed by atoms with Crippen molar-refractivity contribution < 1.29 is 9.59 Å². The molecule has 27 heavy (non-hydrogen) atoms. The molecule has 0 radical (unpaired) electrons. The van der Waals surface area contributed by atoms with Crippen LogP contribution in [-0.2, 0) is 9.59 Å². The van der Waals surface area contributed by atoms with E-state index in [0.717, 1.165) is 32.1 Å². The summed E-state index contributed by atoms with van der Waals surface area (Å²) in [5, 5.41) is 5.72. The normalized spacial score (nSPS) is 14.3. The van der Waals surface area contributed by atoms with E-state index in [1.165, 1.54) is 11.1 Å². The second-order valence-corrected chi connectivity index (χ2v) is 7.21. The van der Waals surface area contributed by atoms with Crippen molar-refractivity contribution >= 4 is 11.8 Å². The van der Waals surface area contributed by atoms with Crippen LogP contribution in [0.2, 0.25) is 0 Å². The van der Waals surface area contributed by atoms with Gasteiger partial charge in [0.05, 0.1) is 6.54 Å². The molecule has 0 aromatic heterocycles. The van der Waals surface area contributed by atoms with E-state index in [1.54, 1.807) is 0 Å². The van der Waals surface area contributed by atoms with Gasteiger partial charge in [-0.2, -0.15) is 0 Å². The van der Waals surface area contributed by atoms with Gasteiger partial charge >= 0.3 is 0 Å². The Morgan fingerprint density at radius 1 is 0.852 bits per heavy atom. The minimum Gasteiger partial charge on any atom is -0.355 e. The third kappa shape index (κ3) is 5.68. The molecule has 1 fully saturated rings. The van der Waals surface area contributed by atoms with Crippen molar-refractivity contribution in [3.63, 3.8) is 0 Å². The number of benzene rings is 2. The SMILES string of the molecule is O=C(CNC(=O)C1CCCC1)NCCC(c1ccccc1)c1ccccc1. The van der Waals surface area contributed by atoms with Crippen LogP contribution < -0.4 is 10.6 Å². The van der Waals surface area contributed by atoms with Crippen molar-refractivity contribution in [2.24, 2.45) is 5.92 Å². The monoisotopic (exact) mass is 364 g/mol. The molecule has 4 heteroatoms. The van der Waals surface area contributed by atoms with Gasteiger partial charge in [0.25, 0.3) is 0 Å². The summed E-state index contributed by atoms with van der Waals surface area (Å²) in [7, 11) is 0. The predicted octanol–water partition coefficient (Wildman–Crippen LogP) is 3.63. The van der Waals surface area contributed by atoms with Gasteiger partial charge in [0.1, 0.15) is 0 Å². The predicted molar refractivity (Wildman–Crippen MR) is 107 cm³/mol. The van der Waals surface area contributed by atoms with Crippen molar-refractivity contribution in [3.8, 4) is 0 Å². The highest BCUT2D eigenvalue weighted by Gasteiger charge is 2.22. The maximum Gasteiger partial charge on any atom is 0.239 e. The first-order chi connectivity index (χ1) is 13.2. The van der Waals surface area contributed by atoms with Crippen LogP contribution in [0.1, 0.15) is 49.1 Å². The first-order valence-corrected chi connectivity index (χ1v) is 9.88. The van der Waals surface area contributed by atoms with Gasteiger partial charge in [-0.05, 0) is 30.4 Å². The van der Waals surface area contributed by atoms with E-state index in [2.05, 4.69) is 34.9 Å². The first kappa shape index (κ1) is 19.2. The number of nitrogens with one attached hydrogen (secondary N) is 2. The lowest BCUT2D eigenvalue weighted by atomic mass is 9.88. The lowest BCUT2D eigenvalue weighted by Crippen LogP contribution is -2.39. The molecule has 2 N–H and O–H groups in total. The molecule has 0 aliphatic heterocycles. The Hall–Kier alpha value is -2.62. The molecular formula is C23H28N2O2. The molecule has 0 atom stereocenters. The van der Waals surface area contributed by atoms with Gasteiger partial charge in [0, 0.05) is 18.4 Å². The molecule has 0 heterocycles. The van der Waals surface area contributed by atoms with Crippen LogP contribution in [0.3, 0.4) is 0 Å². The molecule has 4 nitrogen and oxygen atoms in total. The number of amides is 2. The van der Waals surface area contributed by atoms with Crippen molar-refractivity contribution in [1.82, 2.24) is 10.6 Å². The summed E-state index contributed by atoms with van der Waals surface area (Å²) in [5.41, 5.74) is 2.49. The minimum atomic E-state index is -0.124. The molecule has 2 aromatic carbocycles. The Bertz CT molecular complexity index is 685. The van der Waals surface area contributed by atoms with E-state index in [4.69, 9.17) is 0 Å². The second kappa shape index (κ2) is 9.91. The molecule has 1 saturated carbocycles. The third-order valence-electron chi connectivity index (χ3n) is 5.31. The van der Waals surface area contributed by atoms with Gasteiger partial charge in [0.2, 0.25) is 11.8 Å². The number of carbonyl (C=O) groups excluding carboxylic acids is 2. The third-order valence-corrected chi connectivity index (χ3v) is 5.31. The highest BCUT2D eigenvalue weighted by Crippen LogP contribution is 2.27. The van der Waals surface area contributed by atoms with Crippen LogP contribution in [0, 0.1) is 5.92 Å². The van der Waals surface area contributed by atoms with Gasteiger partial charge < -0.3 is 10.6 Å². The minimum absolute atomic E-state index is 0.0223. The Morgan fingerprint density at radius 2 is 1.41 bits per heavy atom. The number of rotatable bonds is 8. The highest BCUT2D eigenvalue weighted by atomic mass is 16.2. The summed E-state index contributed by atoms with van der Waals surface area (Å²) in [4.78, 5) is 24.1. The number of carbonyl (C=O) groups is 2. The average molecular weight is 364 g/mol. The largest absolute Gasteiger partial charge is 0.355 e. The molecule has 0 saturated heterocycles. The molecule has 1 aliphatic carbocycles. The average Bonchev–Trinajstić information content (AvgIpc) is 3.26. The van der Waals surface area contributed by atoms with Gasteiger partial charge in [-0.1, -0.05) is 73.5 Å². The Morgan fingerprint density at radius 3 is 1.96 bits per heavy atom. The van der Waals surface area contributed by atoms with Crippen LogP contribution >= 0.6 is 0 Å². The van der Waals surface area contributed by atoms with Crippen LogP contribution in [0.4, 0.5) is 0 Å². The fraction of sp³-hybridized carbons (Fsp3) is 0.391. The molecular weight excluding hydrogens is 336 g/mol. The molecule has 2 aromatic rings. The van der Waals surface area contributed by atoms with E-state index in [0.29, 0.717) is 6.54 Å². The van der Waals surface area contributed by atoms with Gasteiger partial charge in [0.15, 0.2) is 0 Å². The van der Waals surface area contributed by atoms with E-state index in [-0.39, 0.29) is 30.2 Å². The van der Waals surface area contributed by atoms with Gasteiger partial charge in [-0.25, -0.2) is 0 Å². The van der Waals surface area contributed by atoms with Crippen LogP contribution in [0.25, 0.3) is 0 Å². The van der Waals surface area contributed by atoms with Crippen LogP contribution in [-0.4, -0.2) is 24.9 Å². The maximum atomic E-state index is 12.1. The Balaban J connectivity index is 1.49. The zero-order valence-electron chi connectivity index (χ0n) is 15.7. The summed E-state index contributed by atoms with van der Waals surface area (Å²) in [6.45, 7) is 0.642. The number of hydrogen-bond donors (Lipinski definition) is 2. The fourth-order valence-electron chi connectivity index (χ4n) is 3.81. The summed E-state index contributed by atoms with van der Waals surface area (Å²) in [5.74, 6) is 0.231. The summed E-state index contributed by atoms with van der Waals surface area (Å²) < 4.78 is 0. The lowest BCUT2D eigenvalue weighted by Gasteiger charge is -2.18. The summed E-state index contributed by atoms with van der Waals surface area (Å²) in [6.07, 6.45) is 4.94. The van der Waals surface area contributed by atoms with E-state index in [9.17, 15) is 9.59 Å². The van der Waals surface area contributed by atoms with Gasteiger partial charge in [-0.3, -0.25) is 9.59 Å². The van der Waals surface area contributed by atoms with Crippen molar-refractivity contribution in [1.29, 1.82) is 0 Å². The Kier molecular flexibility index (Phi) is 7.03. The molecule has 142 valence electrons.